The van der Waals surface area contributed by atoms with Crippen LogP contribution in [0.15, 0.2) is 126 Å². The lowest BCUT2D eigenvalue weighted by atomic mass is 9.80. The van der Waals surface area contributed by atoms with Crippen LogP contribution in [0, 0.1) is 0 Å². The Balaban J connectivity index is 1.45. The maximum Gasteiger partial charge on any atom is 0.319 e. The summed E-state index contributed by atoms with van der Waals surface area (Å²) < 4.78 is 12.6. The van der Waals surface area contributed by atoms with Crippen molar-refractivity contribution in [1.82, 2.24) is 0 Å². The molecule has 5 rings (SSSR count). The van der Waals surface area contributed by atoms with Crippen LogP contribution in [0.5, 0.6) is 0 Å². The largest absolute Gasteiger partial charge is 0.459 e. The summed E-state index contributed by atoms with van der Waals surface area (Å²) in [5.74, 6) is -0.174. The first kappa shape index (κ1) is 22.5. The second kappa shape index (κ2) is 10.3. The molecule has 0 spiro atoms. The first-order valence-electron chi connectivity index (χ1n) is 11.5. The quantitative estimate of drug-likeness (QED) is 0.220. The number of ether oxygens (including phenoxy) is 2. The molecule has 0 aromatic heterocycles. The van der Waals surface area contributed by atoms with Gasteiger partial charge in [-0.2, -0.15) is 0 Å². The van der Waals surface area contributed by atoms with E-state index in [1.807, 2.05) is 84.9 Å². The molecule has 0 saturated carbocycles. The van der Waals surface area contributed by atoms with Gasteiger partial charge in [0.15, 0.2) is 0 Å². The average molecular weight is 467 g/mol. The summed E-state index contributed by atoms with van der Waals surface area (Å²) in [6.45, 7) is 0.302. The van der Waals surface area contributed by atoms with E-state index < -0.39 is 5.60 Å². The van der Waals surface area contributed by atoms with Gasteiger partial charge in [0.25, 0.3) is 0 Å². The van der Waals surface area contributed by atoms with E-state index in [2.05, 4.69) is 36.4 Å². The minimum absolute atomic E-state index is 0.174. The number of benzene rings is 4. The van der Waals surface area contributed by atoms with E-state index >= 15 is 0 Å². The molecule has 0 radical (unpaired) electrons. The Hall–Kier alpha value is -3.34. The van der Waals surface area contributed by atoms with E-state index in [9.17, 15) is 4.79 Å². The molecule has 0 amide bonds. The lowest BCUT2D eigenvalue weighted by Crippen LogP contribution is -2.35. The maximum atomic E-state index is 12.6. The van der Waals surface area contributed by atoms with Gasteiger partial charge in [-0.25, -0.2) is 0 Å². The third kappa shape index (κ3) is 4.65. The molecular weight excluding hydrogens is 440 g/mol. The van der Waals surface area contributed by atoms with E-state index in [4.69, 9.17) is 9.47 Å². The van der Waals surface area contributed by atoms with Crippen LogP contribution in [-0.4, -0.2) is 23.9 Å². The molecule has 0 aliphatic carbocycles. The predicted molar refractivity (Wildman–Crippen MR) is 136 cm³/mol. The number of hydrogen-bond donors (Lipinski definition) is 0. The molecule has 3 nitrogen and oxygen atoms in total. The molecule has 2 atom stereocenters. The van der Waals surface area contributed by atoms with Crippen LogP contribution in [0.1, 0.15) is 23.1 Å². The van der Waals surface area contributed by atoms with Crippen molar-refractivity contribution in [3.63, 3.8) is 0 Å². The zero-order valence-corrected chi connectivity index (χ0v) is 19.6. The van der Waals surface area contributed by atoms with Crippen LogP contribution >= 0.6 is 11.8 Å². The first-order chi connectivity index (χ1) is 16.8. The summed E-state index contributed by atoms with van der Waals surface area (Å²) >= 11 is 1.56. The third-order valence-electron chi connectivity index (χ3n) is 6.07. The Morgan fingerprint density at radius 3 is 1.62 bits per heavy atom. The summed E-state index contributed by atoms with van der Waals surface area (Å²) in [5, 5.41) is -0.226. The van der Waals surface area contributed by atoms with Crippen LogP contribution < -0.4 is 0 Å². The first-order valence-corrected chi connectivity index (χ1v) is 12.4. The summed E-state index contributed by atoms with van der Waals surface area (Å²) in [7, 11) is 0. The molecule has 1 aliphatic heterocycles. The average Bonchev–Trinajstić information content (AvgIpc) is 3.26. The second-order valence-electron chi connectivity index (χ2n) is 8.30. The molecule has 1 fully saturated rings. The standard InChI is InChI=1S/C30H26O3S/c31-29-28(34-27-19-11-4-12-20-27)21-26(33-29)22-32-30(23-13-5-1-6-14-23,24-15-7-2-8-16-24)25-17-9-3-10-18-25/h1-20,26,28H,21-22H2/t26-,28?/m0/s1. The van der Waals surface area contributed by atoms with Gasteiger partial charge in [0.1, 0.15) is 17.0 Å². The van der Waals surface area contributed by atoms with E-state index in [0.29, 0.717) is 13.0 Å². The van der Waals surface area contributed by atoms with Crippen LogP contribution in [0.4, 0.5) is 0 Å². The number of carbonyl (C=O) groups is 1. The lowest BCUT2D eigenvalue weighted by Gasteiger charge is -2.36. The van der Waals surface area contributed by atoms with Gasteiger partial charge in [0.2, 0.25) is 0 Å². The van der Waals surface area contributed by atoms with Crippen molar-refractivity contribution >= 4 is 17.7 Å². The monoisotopic (exact) mass is 466 g/mol. The smallest absolute Gasteiger partial charge is 0.319 e. The van der Waals surface area contributed by atoms with Gasteiger partial charge in [-0.3, -0.25) is 4.79 Å². The Bertz CT molecular complexity index is 1100. The zero-order valence-electron chi connectivity index (χ0n) is 18.7. The molecular formula is C30H26O3S. The summed E-state index contributed by atoms with van der Waals surface area (Å²) in [6.07, 6.45) is 0.316. The number of cyclic esters (lactones) is 1. The van der Waals surface area contributed by atoms with Crippen molar-refractivity contribution in [1.29, 1.82) is 0 Å². The highest BCUT2D eigenvalue weighted by Crippen LogP contribution is 2.41. The Kier molecular flexibility index (Phi) is 6.79. The third-order valence-corrected chi connectivity index (χ3v) is 7.28. The summed E-state index contributed by atoms with van der Waals surface area (Å²) in [6, 6.07) is 40.7. The molecule has 4 heteroatoms. The van der Waals surface area contributed by atoms with E-state index in [1.54, 1.807) is 11.8 Å². The van der Waals surface area contributed by atoms with Gasteiger partial charge in [-0.15, -0.1) is 11.8 Å². The number of esters is 1. The highest BCUT2D eigenvalue weighted by atomic mass is 32.2. The molecule has 4 aromatic rings. The molecule has 0 bridgehead atoms. The van der Waals surface area contributed by atoms with Gasteiger partial charge in [-0.1, -0.05) is 109 Å². The highest BCUT2D eigenvalue weighted by Gasteiger charge is 2.41. The fourth-order valence-corrected chi connectivity index (χ4v) is 5.58. The molecule has 1 heterocycles. The van der Waals surface area contributed by atoms with Crippen molar-refractivity contribution < 1.29 is 14.3 Å². The maximum absolute atomic E-state index is 12.6. The minimum Gasteiger partial charge on any atom is -0.459 e. The molecule has 0 N–H and O–H groups in total. The van der Waals surface area contributed by atoms with Crippen LogP contribution in [0.2, 0.25) is 0 Å². The van der Waals surface area contributed by atoms with Crippen molar-refractivity contribution in [3.8, 4) is 0 Å². The number of hydrogen-bond acceptors (Lipinski definition) is 4. The van der Waals surface area contributed by atoms with Gasteiger partial charge in [-0.05, 0) is 28.8 Å². The molecule has 1 saturated heterocycles. The summed E-state index contributed by atoms with van der Waals surface area (Å²) in [5.41, 5.74) is 2.28. The van der Waals surface area contributed by atoms with Gasteiger partial charge in [0, 0.05) is 11.3 Å². The van der Waals surface area contributed by atoms with Crippen LogP contribution in [-0.2, 0) is 19.9 Å². The van der Waals surface area contributed by atoms with E-state index in [-0.39, 0.29) is 17.3 Å². The van der Waals surface area contributed by atoms with Crippen molar-refractivity contribution in [2.45, 2.75) is 28.3 Å². The molecule has 4 aromatic carbocycles. The predicted octanol–water partition coefficient (Wildman–Crippen LogP) is 6.47. The van der Waals surface area contributed by atoms with Crippen molar-refractivity contribution in [2.75, 3.05) is 6.61 Å². The Morgan fingerprint density at radius 2 is 1.15 bits per heavy atom. The topological polar surface area (TPSA) is 35.5 Å². The Labute approximate surface area is 204 Å². The fraction of sp³-hybridized carbons (Fsp3) is 0.167. The van der Waals surface area contributed by atoms with Crippen LogP contribution in [0.25, 0.3) is 0 Å². The highest BCUT2D eigenvalue weighted by molar-refractivity contribution is 8.00. The SMILES string of the molecule is O=C1O[C@H](COC(c2ccccc2)(c2ccccc2)c2ccccc2)CC1Sc1ccccc1. The normalized spacial score (nSPS) is 17.9. The number of rotatable bonds is 8. The Morgan fingerprint density at radius 1 is 0.706 bits per heavy atom. The number of carbonyl (C=O) groups excluding carboxylic acids is 1. The zero-order chi connectivity index (χ0) is 23.2. The van der Waals surface area contributed by atoms with Crippen molar-refractivity contribution in [2.24, 2.45) is 0 Å². The van der Waals surface area contributed by atoms with Gasteiger partial charge in [0.05, 0.1) is 6.61 Å². The van der Waals surface area contributed by atoms with Crippen LogP contribution in [0.3, 0.4) is 0 Å². The molecule has 1 aliphatic rings. The lowest BCUT2D eigenvalue weighted by molar-refractivity contribution is -0.144. The van der Waals surface area contributed by atoms with Gasteiger partial charge < -0.3 is 9.47 Å². The molecule has 170 valence electrons. The molecule has 1 unspecified atom stereocenters. The molecule has 34 heavy (non-hydrogen) atoms. The minimum atomic E-state index is -0.819. The van der Waals surface area contributed by atoms with E-state index in [0.717, 1.165) is 21.6 Å². The van der Waals surface area contributed by atoms with Gasteiger partial charge >= 0.3 is 5.97 Å². The summed E-state index contributed by atoms with van der Waals surface area (Å²) in [4.78, 5) is 13.7. The fourth-order valence-electron chi connectivity index (χ4n) is 4.47. The second-order valence-corrected chi connectivity index (χ2v) is 9.58. The van der Waals surface area contributed by atoms with E-state index in [1.165, 1.54) is 0 Å². The van der Waals surface area contributed by atoms with Crippen molar-refractivity contribution in [3.05, 3.63) is 138 Å². The number of thioether (sulfide) groups is 1.